The summed E-state index contributed by atoms with van der Waals surface area (Å²) in [4.78, 5) is 17.9. The van der Waals surface area contributed by atoms with Gasteiger partial charge in [0, 0.05) is 18.0 Å². The number of rotatable bonds is 5. The largest absolute Gasteiger partial charge is 0.360 e. The highest BCUT2D eigenvalue weighted by molar-refractivity contribution is 5.53. The molecule has 7 nitrogen and oxygen atoms in total. The summed E-state index contributed by atoms with van der Waals surface area (Å²) in [5, 5.41) is 10.6. The smallest absolute Gasteiger partial charge is 0.180 e. The Morgan fingerprint density at radius 3 is 2.54 bits per heavy atom. The number of aryl methyl sites for hydroxylation is 2. The molecule has 3 aromatic rings. The first kappa shape index (κ1) is 16.0. The lowest BCUT2D eigenvalue weighted by atomic mass is 10.0. The topological polar surface area (TPSA) is 92.3 Å². The van der Waals surface area contributed by atoms with E-state index in [-0.39, 0.29) is 6.04 Å². The molecule has 0 aromatic carbocycles. The molecule has 0 unspecified atom stereocenters. The summed E-state index contributed by atoms with van der Waals surface area (Å²) >= 11 is 0. The Balaban J connectivity index is 1.92. The lowest BCUT2D eigenvalue weighted by molar-refractivity contribution is 0.521. The molecule has 3 heterocycles. The SMILES string of the molecule is Cc1cc(N[C@@H](c2n[nH]c(C)n2)C(C)C)nc(-c2ccccn2)n1. The van der Waals surface area contributed by atoms with Crippen LogP contribution in [-0.2, 0) is 0 Å². The van der Waals surface area contributed by atoms with E-state index in [1.54, 1.807) is 6.20 Å². The third-order valence-electron chi connectivity index (χ3n) is 3.61. The van der Waals surface area contributed by atoms with E-state index in [1.165, 1.54) is 0 Å². The van der Waals surface area contributed by atoms with Crippen molar-refractivity contribution >= 4 is 5.82 Å². The lowest BCUT2D eigenvalue weighted by Crippen LogP contribution is -2.19. The van der Waals surface area contributed by atoms with E-state index in [0.29, 0.717) is 11.7 Å². The number of aromatic nitrogens is 6. The van der Waals surface area contributed by atoms with E-state index in [9.17, 15) is 0 Å². The molecule has 7 heteroatoms. The van der Waals surface area contributed by atoms with Crippen molar-refractivity contribution < 1.29 is 0 Å². The quantitative estimate of drug-likeness (QED) is 0.749. The zero-order chi connectivity index (χ0) is 17.1. The van der Waals surface area contributed by atoms with E-state index in [2.05, 4.69) is 49.3 Å². The van der Waals surface area contributed by atoms with Crippen molar-refractivity contribution in [1.29, 1.82) is 0 Å². The van der Waals surface area contributed by atoms with Crippen molar-refractivity contribution in [3.05, 3.63) is 47.8 Å². The van der Waals surface area contributed by atoms with Crippen LogP contribution in [0.25, 0.3) is 11.5 Å². The number of nitrogens with one attached hydrogen (secondary N) is 2. The van der Waals surface area contributed by atoms with Gasteiger partial charge in [0.05, 0.1) is 6.04 Å². The maximum atomic E-state index is 4.61. The second-order valence-electron chi connectivity index (χ2n) is 6.08. The van der Waals surface area contributed by atoms with Gasteiger partial charge < -0.3 is 5.32 Å². The average Bonchev–Trinajstić information content (AvgIpc) is 2.99. The number of H-pyrrole nitrogens is 1. The number of aromatic amines is 1. The summed E-state index contributed by atoms with van der Waals surface area (Å²) in [6, 6.07) is 7.58. The summed E-state index contributed by atoms with van der Waals surface area (Å²) < 4.78 is 0. The predicted molar refractivity (Wildman–Crippen MR) is 92.3 cm³/mol. The first-order valence-corrected chi connectivity index (χ1v) is 7.95. The average molecular weight is 323 g/mol. The van der Waals surface area contributed by atoms with Gasteiger partial charge in [-0.1, -0.05) is 19.9 Å². The zero-order valence-corrected chi connectivity index (χ0v) is 14.3. The summed E-state index contributed by atoms with van der Waals surface area (Å²) in [5.41, 5.74) is 1.63. The summed E-state index contributed by atoms with van der Waals surface area (Å²) in [7, 11) is 0. The Morgan fingerprint density at radius 1 is 1.08 bits per heavy atom. The van der Waals surface area contributed by atoms with Crippen LogP contribution in [0.4, 0.5) is 5.82 Å². The van der Waals surface area contributed by atoms with E-state index in [0.717, 1.165) is 28.9 Å². The van der Waals surface area contributed by atoms with Gasteiger partial charge >= 0.3 is 0 Å². The summed E-state index contributed by atoms with van der Waals surface area (Å²) in [6.45, 7) is 8.08. The minimum absolute atomic E-state index is 0.0409. The fraction of sp³-hybridized carbons (Fsp3) is 0.353. The lowest BCUT2D eigenvalue weighted by Gasteiger charge is -2.20. The van der Waals surface area contributed by atoms with E-state index in [1.807, 2.05) is 38.1 Å². The predicted octanol–water partition coefficient (Wildman–Crippen LogP) is 3.08. The number of pyridine rings is 1. The molecule has 3 rings (SSSR count). The van der Waals surface area contributed by atoms with Gasteiger partial charge in [-0.3, -0.25) is 10.1 Å². The standard InChI is InChI=1S/C17H21N7/c1-10(2)15(17-20-12(4)23-24-17)21-14-9-11(3)19-16(22-14)13-7-5-6-8-18-13/h5-10,15H,1-4H3,(H,19,21,22)(H,20,23,24)/t15-/m1/s1. The Hall–Kier alpha value is -2.83. The van der Waals surface area contributed by atoms with Crippen LogP contribution < -0.4 is 5.32 Å². The van der Waals surface area contributed by atoms with Gasteiger partial charge in [0.1, 0.15) is 17.3 Å². The molecule has 2 N–H and O–H groups in total. The van der Waals surface area contributed by atoms with Crippen LogP contribution in [0.3, 0.4) is 0 Å². The van der Waals surface area contributed by atoms with Gasteiger partial charge in [0.25, 0.3) is 0 Å². The van der Waals surface area contributed by atoms with Crippen molar-refractivity contribution in [3.63, 3.8) is 0 Å². The molecule has 1 atom stereocenters. The third kappa shape index (κ3) is 3.56. The molecular weight excluding hydrogens is 302 g/mol. The van der Waals surface area contributed by atoms with Gasteiger partial charge in [0.15, 0.2) is 11.6 Å². The number of anilines is 1. The number of nitrogens with zero attached hydrogens (tertiary/aromatic N) is 5. The molecule has 3 aromatic heterocycles. The number of hydrogen-bond donors (Lipinski definition) is 2. The molecule has 0 aliphatic carbocycles. The first-order valence-electron chi connectivity index (χ1n) is 7.95. The van der Waals surface area contributed by atoms with Crippen molar-refractivity contribution in [3.8, 4) is 11.5 Å². The Bertz CT molecular complexity index is 811. The fourth-order valence-electron chi connectivity index (χ4n) is 2.44. The summed E-state index contributed by atoms with van der Waals surface area (Å²) in [6.07, 6.45) is 1.74. The molecule has 0 amide bonds. The van der Waals surface area contributed by atoms with Crippen LogP contribution in [-0.4, -0.2) is 30.1 Å². The maximum Gasteiger partial charge on any atom is 0.180 e. The molecule has 124 valence electrons. The molecule has 0 saturated carbocycles. The van der Waals surface area contributed by atoms with E-state index < -0.39 is 0 Å². The maximum absolute atomic E-state index is 4.61. The van der Waals surface area contributed by atoms with Crippen LogP contribution in [0.15, 0.2) is 30.5 Å². The van der Waals surface area contributed by atoms with Crippen LogP contribution in [0.5, 0.6) is 0 Å². The Kier molecular flexibility index (Phi) is 4.50. The molecule has 0 saturated heterocycles. The second kappa shape index (κ2) is 6.74. The highest BCUT2D eigenvalue weighted by Crippen LogP contribution is 2.24. The van der Waals surface area contributed by atoms with Gasteiger partial charge in [-0.15, -0.1) is 0 Å². The number of hydrogen-bond acceptors (Lipinski definition) is 6. The van der Waals surface area contributed by atoms with Crippen LogP contribution in [0.2, 0.25) is 0 Å². The minimum Gasteiger partial charge on any atom is -0.360 e. The van der Waals surface area contributed by atoms with Gasteiger partial charge in [-0.25, -0.2) is 15.0 Å². The normalized spacial score (nSPS) is 12.4. The molecule has 0 radical (unpaired) electrons. The Labute approximate surface area is 141 Å². The molecule has 0 spiro atoms. The van der Waals surface area contributed by atoms with Crippen molar-refractivity contribution in [1.82, 2.24) is 30.1 Å². The van der Waals surface area contributed by atoms with Gasteiger partial charge in [0.2, 0.25) is 0 Å². The molecule has 0 bridgehead atoms. The minimum atomic E-state index is -0.0409. The Morgan fingerprint density at radius 2 is 1.92 bits per heavy atom. The van der Waals surface area contributed by atoms with Crippen molar-refractivity contribution in [2.45, 2.75) is 33.7 Å². The summed E-state index contributed by atoms with van der Waals surface area (Å²) in [5.74, 6) is 3.17. The van der Waals surface area contributed by atoms with Gasteiger partial charge in [-0.2, -0.15) is 5.10 Å². The van der Waals surface area contributed by atoms with Crippen LogP contribution in [0, 0.1) is 19.8 Å². The monoisotopic (exact) mass is 323 g/mol. The van der Waals surface area contributed by atoms with Crippen molar-refractivity contribution in [2.75, 3.05) is 5.32 Å². The molecule has 0 aliphatic rings. The van der Waals surface area contributed by atoms with Crippen LogP contribution in [0.1, 0.15) is 37.2 Å². The highest BCUT2D eigenvalue weighted by atomic mass is 15.2. The third-order valence-corrected chi connectivity index (χ3v) is 3.61. The zero-order valence-electron chi connectivity index (χ0n) is 14.3. The van der Waals surface area contributed by atoms with E-state index in [4.69, 9.17) is 0 Å². The second-order valence-corrected chi connectivity index (χ2v) is 6.08. The highest BCUT2D eigenvalue weighted by Gasteiger charge is 2.21. The van der Waals surface area contributed by atoms with Crippen LogP contribution >= 0.6 is 0 Å². The van der Waals surface area contributed by atoms with Crippen molar-refractivity contribution in [2.24, 2.45) is 5.92 Å². The molecule has 0 fully saturated rings. The van der Waals surface area contributed by atoms with Gasteiger partial charge in [-0.05, 0) is 31.9 Å². The first-order chi connectivity index (χ1) is 11.5. The molecule has 24 heavy (non-hydrogen) atoms. The van der Waals surface area contributed by atoms with E-state index >= 15 is 0 Å². The molecular formula is C17H21N7. The fourth-order valence-corrected chi connectivity index (χ4v) is 2.44. The molecule has 0 aliphatic heterocycles.